The Balaban J connectivity index is 4.01. The molecule has 0 radical (unpaired) electrons. The van der Waals surface area contributed by atoms with Crippen molar-refractivity contribution in [3.8, 4) is 0 Å². The fourth-order valence-electron chi connectivity index (χ4n) is 11.6. The average Bonchev–Trinajstić information content (AvgIpc) is 3.64. The summed E-state index contributed by atoms with van der Waals surface area (Å²) in [6.45, 7) is 4.80. The number of carbonyl (C=O) groups is 3. The number of allylic oxidation sites excluding steroid dienone is 8. The van der Waals surface area contributed by atoms with Gasteiger partial charge >= 0.3 is 11.9 Å². The van der Waals surface area contributed by atoms with Crippen molar-refractivity contribution in [2.75, 3.05) is 47.5 Å². The Morgan fingerprint density at radius 2 is 0.607 bits per heavy atom. The molecule has 0 fully saturated rings. The predicted octanol–water partition coefficient (Wildman–Crippen LogP) is 23.1. The van der Waals surface area contributed by atoms with Crippen molar-refractivity contribution < 1.29 is 42.9 Å². The first-order valence-electron chi connectivity index (χ1n) is 38.8. The monoisotopic (exact) mass is 1250 g/mol. The number of nitrogens with zero attached hydrogens (tertiary/aromatic N) is 1. The lowest BCUT2D eigenvalue weighted by Crippen LogP contribution is -2.44. The molecule has 2 unspecified atom stereocenters. The van der Waals surface area contributed by atoms with Crippen molar-refractivity contribution in [1.82, 2.24) is 0 Å². The second-order valence-electron chi connectivity index (χ2n) is 27.6. The molecule has 522 valence electrons. The van der Waals surface area contributed by atoms with Crippen LogP contribution in [0, 0.1) is 0 Å². The third kappa shape index (κ3) is 72.5. The maximum atomic E-state index is 13.0. The van der Waals surface area contributed by atoms with Crippen LogP contribution in [0.2, 0.25) is 0 Å². The lowest BCUT2D eigenvalue weighted by atomic mass is 10.0. The number of quaternary nitrogens is 1. The number of likely N-dealkylation sites (N-methyl/N-ethyl adjacent to an activating group) is 1. The van der Waals surface area contributed by atoms with E-state index in [-0.39, 0.29) is 32.2 Å². The van der Waals surface area contributed by atoms with E-state index in [0.717, 1.165) is 44.9 Å². The molecule has 9 nitrogen and oxygen atoms in total. The van der Waals surface area contributed by atoms with Gasteiger partial charge in [-0.1, -0.05) is 345 Å². The zero-order chi connectivity index (χ0) is 64.7. The van der Waals surface area contributed by atoms with E-state index in [1.165, 1.54) is 308 Å². The minimum atomic E-state index is -1.62. The van der Waals surface area contributed by atoms with Crippen LogP contribution in [0.3, 0.4) is 0 Å². The van der Waals surface area contributed by atoms with Crippen LogP contribution in [-0.4, -0.2) is 82.3 Å². The van der Waals surface area contributed by atoms with Crippen molar-refractivity contribution in [3.63, 3.8) is 0 Å². The van der Waals surface area contributed by atoms with Gasteiger partial charge in [-0.25, -0.2) is 0 Å². The van der Waals surface area contributed by atoms with Gasteiger partial charge in [0.05, 0.1) is 40.3 Å². The van der Waals surface area contributed by atoms with E-state index in [0.29, 0.717) is 23.9 Å². The molecule has 0 amide bonds. The van der Waals surface area contributed by atoms with E-state index in [2.05, 4.69) is 62.5 Å². The molecule has 0 aromatic rings. The number of rotatable bonds is 73. The van der Waals surface area contributed by atoms with Crippen LogP contribution in [0.4, 0.5) is 0 Å². The van der Waals surface area contributed by atoms with E-state index in [1.807, 2.05) is 21.1 Å². The summed E-state index contributed by atoms with van der Waals surface area (Å²) in [5.41, 5.74) is 0. The number of hydrogen-bond acceptors (Lipinski definition) is 8. The molecule has 0 aliphatic heterocycles. The van der Waals surface area contributed by atoms with Gasteiger partial charge in [0.15, 0.2) is 12.4 Å². The van der Waals surface area contributed by atoms with Gasteiger partial charge in [-0.05, 0) is 77.0 Å². The van der Waals surface area contributed by atoms with Crippen LogP contribution in [0.5, 0.6) is 0 Å². The van der Waals surface area contributed by atoms with Gasteiger partial charge in [-0.3, -0.25) is 9.59 Å². The molecule has 0 spiro atoms. The van der Waals surface area contributed by atoms with Crippen LogP contribution in [-0.2, 0) is 33.3 Å². The number of aliphatic carboxylic acids is 1. The number of ether oxygens (including phenoxy) is 4. The van der Waals surface area contributed by atoms with Gasteiger partial charge in [0.1, 0.15) is 13.2 Å². The van der Waals surface area contributed by atoms with Crippen molar-refractivity contribution in [1.29, 1.82) is 0 Å². The quantitative estimate of drug-likeness (QED) is 0.0195. The zero-order valence-electron chi connectivity index (χ0n) is 59.8. The fourth-order valence-corrected chi connectivity index (χ4v) is 11.6. The third-order valence-corrected chi connectivity index (χ3v) is 17.5. The smallest absolute Gasteiger partial charge is 0.306 e. The lowest BCUT2D eigenvalue weighted by Gasteiger charge is -2.26. The van der Waals surface area contributed by atoms with Crippen LogP contribution < -0.4 is 5.11 Å². The number of esters is 2. The van der Waals surface area contributed by atoms with E-state index in [4.69, 9.17) is 18.9 Å². The molecular weight excluding hydrogens is 1100 g/mol. The topological polar surface area (TPSA) is 111 Å². The zero-order valence-corrected chi connectivity index (χ0v) is 59.8. The summed E-state index contributed by atoms with van der Waals surface area (Å²) in [6.07, 6.45) is 89.4. The second kappa shape index (κ2) is 71.1. The number of unbranched alkanes of at least 4 members (excludes halogenated alkanes) is 50. The van der Waals surface area contributed by atoms with E-state index in [9.17, 15) is 19.5 Å². The summed E-state index contributed by atoms with van der Waals surface area (Å²) in [5.74, 6) is -2.25. The van der Waals surface area contributed by atoms with Gasteiger partial charge in [-0.2, -0.15) is 0 Å². The van der Waals surface area contributed by atoms with E-state index < -0.39 is 24.3 Å². The Hall–Kier alpha value is -2.75. The van der Waals surface area contributed by atoms with Crippen molar-refractivity contribution >= 4 is 17.9 Å². The van der Waals surface area contributed by atoms with Crippen molar-refractivity contribution in [3.05, 3.63) is 48.6 Å². The Kier molecular flexibility index (Phi) is 68.9. The lowest BCUT2D eigenvalue weighted by molar-refractivity contribution is -0.870. The standard InChI is InChI=1S/C80H149NO8/c1-6-8-10-12-14-16-18-20-22-24-26-28-30-32-34-36-38-39-41-42-44-46-48-50-52-54-56-58-60-62-64-66-68-70-77(82)87-74-76(75-88-80(79(84)85)86-73-72-81(3,4)5)89-78(83)71-69-67-65-63-61-59-57-55-53-51-49-47-45-43-40-37-35-33-31-29-27-25-23-21-19-17-15-13-11-9-7-2/h19,21,24-27,31,33,76,80H,6-18,20,22-23,28-30,32,34-75H2,1-5H3/b21-19-,26-24-,27-25-,33-31-. The fraction of sp³-hybridized carbons (Fsp3) is 0.863. The number of carboxylic acids is 1. The van der Waals surface area contributed by atoms with Crippen molar-refractivity contribution in [2.45, 2.75) is 399 Å². The molecule has 0 aliphatic rings. The highest BCUT2D eigenvalue weighted by Gasteiger charge is 2.22. The molecule has 0 rings (SSSR count). The van der Waals surface area contributed by atoms with Gasteiger partial charge in [0.2, 0.25) is 0 Å². The summed E-state index contributed by atoms with van der Waals surface area (Å²) >= 11 is 0. The predicted molar refractivity (Wildman–Crippen MR) is 380 cm³/mol. The number of carboxylic acid groups (broad SMARTS) is 1. The normalized spacial score (nSPS) is 12.9. The Bertz CT molecular complexity index is 1600. The highest BCUT2D eigenvalue weighted by Crippen LogP contribution is 2.19. The maximum absolute atomic E-state index is 13.0. The van der Waals surface area contributed by atoms with Gasteiger partial charge in [0.25, 0.3) is 0 Å². The summed E-state index contributed by atoms with van der Waals surface area (Å²) in [7, 11) is 5.95. The molecule has 0 N–H and O–H groups in total. The van der Waals surface area contributed by atoms with Gasteiger partial charge in [0, 0.05) is 12.8 Å². The first kappa shape index (κ1) is 86.2. The number of carbonyl (C=O) groups excluding carboxylic acids is 3. The molecule has 9 heteroatoms. The minimum Gasteiger partial charge on any atom is -0.545 e. The molecule has 0 aliphatic carbocycles. The molecule has 0 aromatic carbocycles. The molecule has 89 heavy (non-hydrogen) atoms. The molecule has 0 bridgehead atoms. The summed E-state index contributed by atoms with van der Waals surface area (Å²) in [6, 6.07) is 0. The molecule has 0 saturated heterocycles. The van der Waals surface area contributed by atoms with Crippen LogP contribution >= 0.6 is 0 Å². The highest BCUT2D eigenvalue weighted by molar-refractivity contribution is 5.70. The Morgan fingerprint density at radius 1 is 0.337 bits per heavy atom. The van der Waals surface area contributed by atoms with E-state index in [1.54, 1.807) is 0 Å². The first-order valence-corrected chi connectivity index (χ1v) is 38.8. The molecule has 2 atom stereocenters. The van der Waals surface area contributed by atoms with Gasteiger partial charge in [-0.15, -0.1) is 0 Å². The molecule has 0 saturated carbocycles. The second-order valence-corrected chi connectivity index (χ2v) is 27.6. The molecule has 0 aromatic heterocycles. The maximum Gasteiger partial charge on any atom is 0.306 e. The first-order chi connectivity index (χ1) is 43.6. The molecular formula is C80H149NO8. The largest absolute Gasteiger partial charge is 0.545 e. The Morgan fingerprint density at radius 3 is 0.910 bits per heavy atom. The van der Waals surface area contributed by atoms with Crippen LogP contribution in [0.15, 0.2) is 48.6 Å². The Labute approximate surface area is 553 Å². The summed E-state index contributed by atoms with van der Waals surface area (Å²) in [4.78, 5) is 37.6. The average molecular weight is 1250 g/mol. The summed E-state index contributed by atoms with van der Waals surface area (Å²) in [5, 5.41) is 11.8. The summed E-state index contributed by atoms with van der Waals surface area (Å²) < 4.78 is 22.9. The van der Waals surface area contributed by atoms with Crippen molar-refractivity contribution in [2.24, 2.45) is 0 Å². The molecule has 0 heterocycles. The van der Waals surface area contributed by atoms with Crippen LogP contribution in [0.1, 0.15) is 386 Å². The third-order valence-electron chi connectivity index (χ3n) is 17.5. The number of hydrogen-bond donors (Lipinski definition) is 0. The SMILES string of the molecule is CCCCCCC/C=C\C/C=C\C/C=C\CCCCCCCCCCCCCCCCCCC(=O)OC(COC(=O)CCCCCCCCCCCCCCCCCCCCCCC/C=C\CCCCCCCCCC)COC(OCC[N+](C)(C)C)C(=O)[O-]. The van der Waals surface area contributed by atoms with Gasteiger partial charge < -0.3 is 33.3 Å². The minimum absolute atomic E-state index is 0.150. The van der Waals surface area contributed by atoms with E-state index >= 15 is 0 Å². The van der Waals surface area contributed by atoms with Crippen LogP contribution in [0.25, 0.3) is 0 Å². The highest BCUT2D eigenvalue weighted by atomic mass is 16.7.